The highest BCUT2D eigenvalue weighted by molar-refractivity contribution is 7.92. The number of fused-ring (bicyclic) bond motifs is 1. The molecule has 0 bridgehead atoms. The van der Waals surface area contributed by atoms with Gasteiger partial charge in [-0.2, -0.15) is 0 Å². The van der Waals surface area contributed by atoms with Crippen molar-refractivity contribution < 1.29 is 17.6 Å². The lowest BCUT2D eigenvalue weighted by molar-refractivity contribution is 0.0948. The summed E-state index contributed by atoms with van der Waals surface area (Å²) >= 11 is 12.2. The molecule has 3 aromatic rings. The predicted octanol–water partition coefficient (Wildman–Crippen LogP) is 4.80. The molecule has 6 nitrogen and oxygen atoms in total. The quantitative estimate of drug-likeness (QED) is 0.496. The van der Waals surface area contributed by atoms with Gasteiger partial charge in [-0.1, -0.05) is 37.0 Å². The van der Waals surface area contributed by atoms with Gasteiger partial charge in [0.05, 0.1) is 21.2 Å². The van der Waals surface area contributed by atoms with E-state index in [-0.39, 0.29) is 17.2 Å². The molecule has 10 heteroatoms. The number of amides is 1. The SMILES string of the molecule is CC(C)CNC(=O)c1ccc(S(=O)(=O)Nc2ccc(Cl)c3c(Cl)c[nH]c23)c(F)c1. The lowest BCUT2D eigenvalue weighted by Crippen LogP contribution is -2.27. The molecule has 0 saturated carbocycles. The molecule has 0 spiro atoms. The smallest absolute Gasteiger partial charge is 0.264 e. The van der Waals surface area contributed by atoms with Crippen LogP contribution in [0.15, 0.2) is 41.4 Å². The van der Waals surface area contributed by atoms with Crippen LogP contribution in [0.1, 0.15) is 24.2 Å². The van der Waals surface area contributed by atoms with Crippen LogP contribution in [0.25, 0.3) is 10.9 Å². The Labute approximate surface area is 177 Å². The van der Waals surface area contributed by atoms with Gasteiger partial charge in [-0.05, 0) is 36.2 Å². The first-order chi connectivity index (χ1) is 13.6. The predicted molar refractivity (Wildman–Crippen MR) is 113 cm³/mol. The zero-order chi connectivity index (χ0) is 21.3. The number of sulfonamides is 1. The van der Waals surface area contributed by atoms with Crippen LogP contribution in [-0.2, 0) is 10.0 Å². The van der Waals surface area contributed by atoms with Crippen molar-refractivity contribution in [1.82, 2.24) is 10.3 Å². The van der Waals surface area contributed by atoms with E-state index in [1.54, 1.807) is 0 Å². The highest BCUT2D eigenvalue weighted by atomic mass is 35.5. The van der Waals surface area contributed by atoms with Crippen molar-refractivity contribution in [3.8, 4) is 0 Å². The third-order valence-electron chi connectivity index (χ3n) is 4.14. The van der Waals surface area contributed by atoms with Gasteiger partial charge in [0.15, 0.2) is 0 Å². The zero-order valence-electron chi connectivity index (χ0n) is 15.5. The van der Waals surface area contributed by atoms with Gasteiger partial charge in [-0.3, -0.25) is 9.52 Å². The van der Waals surface area contributed by atoms with Gasteiger partial charge in [0.1, 0.15) is 10.7 Å². The van der Waals surface area contributed by atoms with E-state index in [4.69, 9.17) is 23.2 Å². The summed E-state index contributed by atoms with van der Waals surface area (Å²) in [6.45, 7) is 4.27. The van der Waals surface area contributed by atoms with E-state index in [2.05, 4.69) is 15.0 Å². The van der Waals surface area contributed by atoms with Gasteiger partial charge in [0.25, 0.3) is 15.9 Å². The Balaban J connectivity index is 1.91. The van der Waals surface area contributed by atoms with Crippen LogP contribution in [0.2, 0.25) is 10.0 Å². The molecular formula is C19H18Cl2FN3O3S. The molecule has 1 aromatic heterocycles. The van der Waals surface area contributed by atoms with E-state index in [0.29, 0.717) is 27.5 Å². The van der Waals surface area contributed by atoms with Gasteiger partial charge in [-0.15, -0.1) is 0 Å². The molecule has 3 rings (SSSR count). The number of halogens is 3. The molecule has 0 atom stereocenters. The standard InChI is InChI=1S/C19H18Cl2FN3O3S/c1-10(2)8-24-19(26)11-3-6-16(14(22)7-11)29(27,28)25-15-5-4-12(20)17-13(21)9-23-18(15)17/h3-7,9-10,23,25H,8H2,1-2H3,(H,24,26). The number of carbonyl (C=O) groups excluding carboxylic acids is 1. The molecule has 0 aliphatic carbocycles. The highest BCUT2D eigenvalue weighted by Crippen LogP contribution is 2.35. The molecule has 154 valence electrons. The molecule has 0 fully saturated rings. The van der Waals surface area contributed by atoms with Crippen LogP contribution in [0.3, 0.4) is 0 Å². The first kappa shape index (κ1) is 21.4. The minimum atomic E-state index is -4.27. The summed E-state index contributed by atoms with van der Waals surface area (Å²) in [5, 5.41) is 3.77. The molecule has 0 unspecified atom stereocenters. The Bertz CT molecular complexity index is 1190. The normalized spacial score (nSPS) is 11.8. The second kappa shape index (κ2) is 8.22. The number of rotatable bonds is 6. The Hall–Kier alpha value is -2.29. The Morgan fingerprint density at radius 1 is 1.17 bits per heavy atom. The van der Waals surface area contributed by atoms with Gasteiger partial charge in [0, 0.05) is 23.7 Å². The minimum absolute atomic E-state index is 0.0344. The van der Waals surface area contributed by atoms with Gasteiger partial charge < -0.3 is 10.3 Å². The summed E-state index contributed by atoms with van der Waals surface area (Å²) in [5.74, 6) is -1.29. The number of hydrogen-bond donors (Lipinski definition) is 3. The molecule has 2 aromatic carbocycles. The number of benzene rings is 2. The number of nitrogens with one attached hydrogen (secondary N) is 3. The summed E-state index contributed by atoms with van der Waals surface area (Å²) in [5.41, 5.74) is 0.567. The number of carbonyl (C=O) groups is 1. The number of aromatic nitrogens is 1. The topological polar surface area (TPSA) is 91.1 Å². The maximum Gasteiger partial charge on any atom is 0.264 e. The summed E-state index contributed by atoms with van der Waals surface area (Å²) in [4.78, 5) is 14.3. The Kier molecular flexibility index (Phi) is 6.07. The van der Waals surface area contributed by atoms with Gasteiger partial charge in [-0.25, -0.2) is 12.8 Å². The number of H-pyrrole nitrogens is 1. The average Bonchev–Trinajstić information content (AvgIpc) is 3.04. The largest absolute Gasteiger partial charge is 0.358 e. The molecule has 0 aliphatic heterocycles. The lowest BCUT2D eigenvalue weighted by Gasteiger charge is -2.12. The van der Waals surface area contributed by atoms with Crippen molar-refractivity contribution in [3.05, 3.63) is 58.0 Å². The van der Waals surface area contributed by atoms with Gasteiger partial charge >= 0.3 is 0 Å². The number of aromatic amines is 1. The molecule has 3 N–H and O–H groups in total. The van der Waals surface area contributed by atoms with Crippen LogP contribution in [0.5, 0.6) is 0 Å². The fourth-order valence-corrected chi connectivity index (χ4v) is 4.40. The second-order valence-electron chi connectivity index (χ2n) is 6.84. The van der Waals surface area contributed by atoms with E-state index in [1.807, 2.05) is 13.8 Å². The van der Waals surface area contributed by atoms with Crippen LogP contribution >= 0.6 is 23.2 Å². The maximum absolute atomic E-state index is 14.5. The summed E-state index contributed by atoms with van der Waals surface area (Å²) in [6, 6.07) is 6.14. The van der Waals surface area contributed by atoms with Crippen LogP contribution < -0.4 is 10.0 Å². The molecule has 0 saturated heterocycles. The molecule has 0 radical (unpaired) electrons. The third kappa shape index (κ3) is 4.49. The first-order valence-corrected chi connectivity index (χ1v) is 10.9. The molecule has 1 heterocycles. The average molecular weight is 458 g/mol. The van der Waals surface area contributed by atoms with Crippen molar-refractivity contribution in [2.45, 2.75) is 18.7 Å². The molecular weight excluding hydrogens is 440 g/mol. The van der Waals surface area contributed by atoms with Crippen molar-refractivity contribution in [2.75, 3.05) is 11.3 Å². The first-order valence-electron chi connectivity index (χ1n) is 8.66. The molecule has 0 aliphatic rings. The van der Waals surface area contributed by atoms with Crippen molar-refractivity contribution in [3.63, 3.8) is 0 Å². The van der Waals surface area contributed by atoms with E-state index >= 15 is 0 Å². The van der Waals surface area contributed by atoms with E-state index in [1.165, 1.54) is 24.4 Å². The number of hydrogen-bond acceptors (Lipinski definition) is 3. The molecule has 29 heavy (non-hydrogen) atoms. The van der Waals surface area contributed by atoms with Crippen molar-refractivity contribution >= 4 is 55.7 Å². The Morgan fingerprint density at radius 3 is 2.55 bits per heavy atom. The van der Waals surface area contributed by atoms with E-state index in [9.17, 15) is 17.6 Å². The Morgan fingerprint density at radius 2 is 1.90 bits per heavy atom. The molecule has 1 amide bonds. The summed E-state index contributed by atoms with van der Waals surface area (Å²) < 4.78 is 42.3. The number of anilines is 1. The van der Waals surface area contributed by atoms with Crippen molar-refractivity contribution in [1.29, 1.82) is 0 Å². The second-order valence-corrected chi connectivity index (χ2v) is 9.30. The van der Waals surface area contributed by atoms with Crippen LogP contribution in [0, 0.1) is 11.7 Å². The highest BCUT2D eigenvalue weighted by Gasteiger charge is 2.22. The maximum atomic E-state index is 14.5. The van der Waals surface area contributed by atoms with E-state index < -0.39 is 26.6 Å². The minimum Gasteiger partial charge on any atom is -0.358 e. The van der Waals surface area contributed by atoms with Gasteiger partial charge in [0.2, 0.25) is 0 Å². The zero-order valence-corrected chi connectivity index (χ0v) is 17.8. The van der Waals surface area contributed by atoms with Crippen molar-refractivity contribution in [2.24, 2.45) is 5.92 Å². The lowest BCUT2D eigenvalue weighted by atomic mass is 10.2. The fourth-order valence-electron chi connectivity index (χ4n) is 2.71. The summed E-state index contributed by atoms with van der Waals surface area (Å²) in [6.07, 6.45) is 1.47. The van der Waals surface area contributed by atoms with Crippen LogP contribution in [-0.4, -0.2) is 25.9 Å². The monoisotopic (exact) mass is 457 g/mol. The fraction of sp³-hybridized carbons (Fsp3) is 0.211. The third-order valence-corrected chi connectivity index (χ3v) is 6.15. The van der Waals surface area contributed by atoms with Crippen LogP contribution in [0.4, 0.5) is 10.1 Å². The summed E-state index contributed by atoms with van der Waals surface area (Å²) in [7, 11) is -4.27. The van der Waals surface area contributed by atoms with E-state index in [0.717, 1.165) is 12.1 Å².